The minimum atomic E-state index is -0.869. The Labute approximate surface area is 106 Å². The van der Waals surface area contributed by atoms with E-state index in [4.69, 9.17) is 4.74 Å². The number of carboxylic acids is 1. The Morgan fingerprint density at radius 2 is 2.39 bits per heavy atom. The molecule has 5 nitrogen and oxygen atoms in total. The highest BCUT2D eigenvalue weighted by Crippen LogP contribution is 2.25. The fourth-order valence-corrected chi connectivity index (χ4v) is 2.44. The normalized spacial score (nSPS) is 23.0. The van der Waals surface area contributed by atoms with Crippen LogP contribution in [0.5, 0.6) is 5.75 Å². The third-order valence-corrected chi connectivity index (χ3v) is 3.35. The number of nitrogens with zero attached hydrogens (tertiary/aromatic N) is 1. The summed E-state index contributed by atoms with van der Waals surface area (Å²) in [7, 11) is 1.60. The van der Waals surface area contributed by atoms with E-state index in [-0.39, 0.29) is 0 Å². The maximum atomic E-state index is 11.4. The maximum absolute atomic E-state index is 11.4. The highest BCUT2D eigenvalue weighted by molar-refractivity contribution is 5.79. The Kier molecular flexibility index (Phi) is 3.52. The zero-order valence-corrected chi connectivity index (χ0v) is 10.7. The van der Waals surface area contributed by atoms with Crippen molar-refractivity contribution in [2.45, 2.75) is 31.7 Å². The van der Waals surface area contributed by atoms with Crippen molar-refractivity contribution in [1.82, 2.24) is 10.3 Å². The molecule has 0 bridgehead atoms. The van der Waals surface area contributed by atoms with Crippen molar-refractivity contribution in [1.29, 1.82) is 0 Å². The van der Waals surface area contributed by atoms with Gasteiger partial charge in [-0.2, -0.15) is 0 Å². The number of hydrogen-bond acceptors (Lipinski definition) is 4. The second-order valence-corrected chi connectivity index (χ2v) is 4.73. The number of nitrogens with one attached hydrogen (secondary N) is 1. The third kappa shape index (κ3) is 2.46. The molecular weight excluding hydrogens is 232 g/mol. The van der Waals surface area contributed by atoms with Crippen LogP contribution in [-0.4, -0.2) is 35.3 Å². The number of carbonyl (C=O) groups is 1. The maximum Gasteiger partial charge on any atom is 0.324 e. The van der Waals surface area contributed by atoms with Gasteiger partial charge in [0, 0.05) is 29.9 Å². The van der Waals surface area contributed by atoms with Crippen molar-refractivity contribution in [3.05, 3.63) is 23.5 Å². The van der Waals surface area contributed by atoms with Crippen molar-refractivity contribution in [3.63, 3.8) is 0 Å². The minimum absolute atomic E-state index is 0.389. The molecule has 2 rings (SSSR count). The van der Waals surface area contributed by atoms with Crippen LogP contribution >= 0.6 is 0 Å². The van der Waals surface area contributed by atoms with Gasteiger partial charge in [-0.05, 0) is 26.3 Å². The fraction of sp³-hybridized carbons (Fsp3) is 0.538. The van der Waals surface area contributed by atoms with Gasteiger partial charge in [0.1, 0.15) is 11.3 Å². The number of ether oxygens (including phenoxy) is 1. The van der Waals surface area contributed by atoms with Gasteiger partial charge in [0.2, 0.25) is 0 Å². The van der Waals surface area contributed by atoms with Crippen LogP contribution in [0, 0.1) is 6.92 Å². The van der Waals surface area contributed by atoms with Crippen LogP contribution in [0.2, 0.25) is 0 Å². The van der Waals surface area contributed by atoms with Crippen LogP contribution in [0.3, 0.4) is 0 Å². The third-order valence-electron chi connectivity index (χ3n) is 3.35. The molecular formula is C13H18N2O3. The summed E-state index contributed by atoms with van der Waals surface area (Å²) >= 11 is 0. The lowest BCUT2D eigenvalue weighted by atomic mass is 9.91. The molecule has 18 heavy (non-hydrogen) atoms. The smallest absolute Gasteiger partial charge is 0.324 e. The molecule has 1 aliphatic heterocycles. The van der Waals surface area contributed by atoms with E-state index in [2.05, 4.69) is 10.3 Å². The Bertz CT molecular complexity index is 454. The Balaban J connectivity index is 2.26. The number of aromatic nitrogens is 1. The molecule has 1 aliphatic rings. The van der Waals surface area contributed by atoms with E-state index in [1.165, 1.54) is 0 Å². The summed E-state index contributed by atoms with van der Waals surface area (Å²) in [5.74, 6) is -0.0849. The van der Waals surface area contributed by atoms with E-state index in [9.17, 15) is 9.90 Å². The number of rotatable bonds is 4. The molecule has 98 valence electrons. The summed E-state index contributed by atoms with van der Waals surface area (Å²) in [6, 6.07) is 3.64. The fourth-order valence-electron chi connectivity index (χ4n) is 2.44. The van der Waals surface area contributed by atoms with Gasteiger partial charge in [-0.15, -0.1) is 0 Å². The summed E-state index contributed by atoms with van der Waals surface area (Å²) in [6.45, 7) is 2.62. The highest BCUT2D eigenvalue weighted by atomic mass is 16.5. The molecule has 1 aromatic rings. The molecule has 0 aliphatic carbocycles. The number of carboxylic acid groups (broad SMARTS) is 1. The van der Waals surface area contributed by atoms with E-state index < -0.39 is 11.5 Å². The zero-order chi connectivity index (χ0) is 13.2. The van der Waals surface area contributed by atoms with Gasteiger partial charge in [-0.25, -0.2) is 0 Å². The molecule has 0 spiro atoms. The van der Waals surface area contributed by atoms with E-state index in [1.54, 1.807) is 13.2 Å². The van der Waals surface area contributed by atoms with Crippen molar-refractivity contribution >= 4 is 5.97 Å². The Hall–Kier alpha value is -1.62. The summed E-state index contributed by atoms with van der Waals surface area (Å²) in [5.41, 5.74) is 0.720. The molecule has 0 radical (unpaired) electrons. The van der Waals surface area contributed by atoms with E-state index in [0.717, 1.165) is 30.1 Å². The first-order chi connectivity index (χ1) is 8.55. The topological polar surface area (TPSA) is 71.5 Å². The van der Waals surface area contributed by atoms with Crippen molar-refractivity contribution < 1.29 is 14.6 Å². The summed E-state index contributed by atoms with van der Waals surface area (Å²) in [5, 5.41) is 12.5. The number of aryl methyl sites for hydroxylation is 1. The molecule has 1 fully saturated rings. The van der Waals surface area contributed by atoms with Crippen LogP contribution < -0.4 is 10.1 Å². The van der Waals surface area contributed by atoms with Crippen LogP contribution in [0.25, 0.3) is 0 Å². The lowest BCUT2D eigenvalue weighted by Gasteiger charge is -2.24. The van der Waals surface area contributed by atoms with Gasteiger partial charge in [-0.1, -0.05) is 0 Å². The molecule has 5 heteroatoms. The number of aliphatic carboxylic acids is 1. The second-order valence-electron chi connectivity index (χ2n) is 4.73. The van der Waals surface area contributed by atoms with Crippen LogP contribution in [0.15, 0.2) is 12.1 Å². The van der Waals surface area contributed by atoms with Crippen molar-refractivity contribution in [2.75, 3.05) is 13.7 Å². The molecule has 1 aromatic heterocycles. The van der Waals surface area contributed by atoms with Gasteiger partial charge < -0.3 is 15.2 Å². The SMILES string of the molecule is COc1cc(C)nc(CC2(C(=O)O)CCCN2)c1. The molecule has 2 heterocycles. The number of pyridine rings is 1. The van der Waals surface area contributed by atoms with E-state index in [1.807, 2.05) is 13.0 Å². The number of hydrogen-bond donors (Lipinski definition) is 2. The summed E-state index contributed by atoms with van der Waals surface area (Å²) in [4.78, 5) is 15.8. The molecule has 0 aromatic carbocycles. The molecule has 1 unspecified atom stereocenters. The molecule has 0 saturated carbocycles. The lowest BCUT2D eigenvalue weighted by Crippen LogP contribution is -2.49. The predicted molar refractivity (Wildman–Crippen MR) is 66.8 cm³/mol. The predicted octanol–water partition coefficient (Wildman–Crippen LogP) is 1.15. The molecule has 2 N–H and O–H groups in total. The standard InChI is InChI=1S/C13H18N2O3/c1-9-6-11(18-2)7-10(15-9)8-13(12(16)17)4-3-5-14-13/h6-7,14H,3-5,8H2,1-2H3,(H,16,17). The van der Waals surface area contributed by atoms with Crippen molar-refractivity contribution in [2.24, 2.45) is 0 Å². The second kappa shape index (κ2) is 4.94. The summed E-state index contributed by atoms with van der Waals surface area (Å²) < 4.78 is 5.19. The molecule has 1 atom stereocenters. The molecule has 0 amide bonds. The Morgan fingerprint density at radius 3 is 2.94 bits per heavy atom. The zero-order valence-electron chi connectivity index (χ0n) is 10.7. The largest absolute Gasteiger partial charge is 0.497 e. The quantitative estimate of drug-likeness (QED) is 0.838. The Morgan fingerprint density at radius 1 is 1.61 bits per heavy atom. The average Bonchev–Trinajstić information content (AvgIpc) is 2.78. The van der Waals surface area contributed by atoms with Crippen LogP contribution in [-0.2, 0) is 11.2 Å². The van der Waals surface area contributed by atoms with Crippen LogP contribution in [0.4, 0.5) is 0 Å². The first-order valence-electron chi connectivity index (χ1n) is 6.06. The molecule has 1 saturated heterocycles. The van der Waals surface area contributed by atoms with Gasteiger partial charge in [0.15, 0.2) is 0 Å². The number of methoxy groups -OCH3 is 1. The van der Waals surface area contributed by atoms with E-state index in [0.29, 0.717) is 12.8 Å². The minimum Gasteiger partial charge on any atom is -0.497 e. The first kappa shape index (κ1) is 12.8. The monoisotopic (exact) mass is 250 g/mol. The lowest BCUT2D eigenvalue weighted by molar-refractivity contribution is -0.144. The first-order valence-corrected chi connectivity index (χ1v) is 6.06. The van der Waals surface area contributed by atoms with Crippen LogP contribution in [0.1, 0.15) is 24.2 Å². The van der Waals surface area contributed by atoms with Gasteiger partial charge in [0.05, 0.1) is 7.11 Å². The van der Waals surface area contributed by atoms with E-state index >= 15 is 0 Å². The average molecular weight is 250 g/mol. The van der Waals surface area contributed by atoms with Crippen molar-refractivity contribution in [3.8, 4) is 5.75 Å². The van der Waals surface area contributed by atoms with Gasteiger partial charge >= 0.3 is 5.97 Å². The summed E-state index contributed by atoms with van der Waals surface area (Å²) in [6.07, 6.45) is 1.91. The van der Waals surface area contributed by atoms with Gasteiger partial charge in [-0.3, -0.25) is 9.78 Å². The van der Waals surface area contributed by atoms with Gasteiger partial charge in [0.25, 0.3) is 0 Å². The highest BCUT2D eigenvalue weighted by Gasteiger charge is 2.41.